The Morgan fingerprint density at radius 3 is 3.04 bits per heavy atom. The van der Waals surface area contributed by atoms with E-state index in [9.17, 15) is 4.79 Å². The van der Waals surface area contributed by atoms with Crippen LogP contribution in [0.1, 0.15) is 11.3 Å². The molecule has 4 rings (SSSR count). The first-order valence-electron chi connectivity index (χ1n) is 7.28. The van der Waals surface area contributed by atoms with E-state index in [0.29, 0.717) is 16.6 Å². The van der Waals surface area contributed by atoms with Gasteiger partial charge in [0.05, 0.1) is 10.6 Å². The standard InChI is InChI=1S/C16H13N5OS2/c1-10-4-2-6-21-13(22)8-11(17-15(10)21)9-24-16-18-14(19-20-16)12-5-3-7-23-12/h2-8H,9H2,1H3,(H,18,19,20). The second-order valence-electron chi connectivity index (χ2n) is 5.20. The molecule has 4 heterocycles. The lowest BCUT2D eigenvalue weighted by molar-refractivity contribution is 0.967. The Balaban J connectivity index is 1.57. The number of thioether (sulfide) groups is 1. The van der Waals surface area contributed by atoms with Gasteiger partial charge in [-0.3, -0.25) is 14.3 Å². The van der Waals surface area contributed by atoms with Crippen LogP contribution in [0.4, 0.5) is 0 Å². The molecule has 0 aliphatic carbocycles. The highest BCUT2D eigenvalue weighted by molar-refractivity contribution is 7.98. The normalized spacial score (nSPS) is 11.2. The number of H-pyrrole nitrogens is 1. The number of nitrogens with one attached hydrogen (secondary N) is 1. The zero-order valence-corrected chi connectivity index (χ0v) is 14.4. The van der Waals surface area contributed by atoms with Crippen molar-refractivity contribution in [2.24, 2.45) is 0 Å². The number of pyridine rings is 1. The quantitative estimate of drug-likeness (QED) is 0.569. The average Bonchev–Trinajstić information content (AvgIpc) is 3.25. The lowest BCUT2D eigenvalue weighted by Gasteiger charge is -2.05. The summed E-state index contributed by atoms with van der Waals surface area (Å²) in [6.45, 7) is 1.95. The van der Waals surface area contributed by atoms with Gasteiger partial charge in [-0.2, -0.15) is 0 Å². The van der Waals surface area contributed by atoms with Gasteiger partial charge in [-0.15, -0.1) is 16.4 Å². The third-order valence-corrected chi connectivity index (χ3v) is 5.27. The Morgan fingerprint density at radius 1 is 1.29 bits per heavy atom. The number of hydrogen-bond acceptors (Lipinski definition) is 6. The third kappa shape index (κ3) is 2.85. The van der Waals surface area contributed by atoms with Gasteiger partial charge < -0.3 is 0 Å². The van der Waals surface area contributed by atoms with Crippen molar-refractivity contribution in [3.05, 3.63) is 63.5 Å². The summed E-state index contributed by atoms with van der Waals surface area (Å²) >= 11 is 3.06. The van der Waals surface area contributed by atoms with Crippen molar-refractivity contribution >= 4 is 28.7 Å². The fraction of sp³-hybridized carbons (Fsp3) is 0.125. The van der Waals surface area contributed by atoms with Gasteiger partial charge in [0.2, 0.25) is 5.16 Å². The molecule has 24 heavy (non-hydrogen) atoms. The summed E-state index contributed by atoms with van der Waals surface area (Å²) < 4.78 is 1.56. The van der Waals surface area contributed by atoms with Crippen LogP contribution in [0.5, 0.6) is 0 Å². The molecular formula is C16H13N5OS2. The van der Waals surface area contributed by atoms with Crippen LogP contribution in [0.15, 0.2) is 51.9 Å². The molecule has 0 saturated heterocycles. The van der Waals surface area contributed by atoms with Gasteiger partial charge in [0.25, 0.3) is 5.56 Å². The van der Waals surface area contributed by atoms with E-state index in [0.717, 1.165) is 22.0 Å². The number of aryl methyl sites for hydroxylation is 1. The van der Waals surface area contributed by atoms with Crippen LogP contribution < -0.4 is 5.56 Å². The molecule has 0 aliphatic rings. The highest BCUT2D eigenvalue weighted by Gasteiger charge is 2.09. The van der Waals surface area contributed by atoms with E-state index in [1.165, 1.54) is 11.8 Å². The van der Waals surface area contributed by atoms with Crippen molar-refractivity contribution in [2.45, 2.75) is 17.8 Å². The first-order valence-corrected chi connectivity index (χ1v) is 9.14. The van der Waals surface area contributed by atoms with Crippen LogP contribution in [-0.4, -0.2) is 24.6 Å². The zero-order valence-electron chi connectivity index (χ0n) is 12.8. The maximum absolute atomic E-state index is 12.2. The van der Waals surface area contributed by atoms with Gasteiger partial charge in [-0.1, -0.05) is 23.9 Å². The molecular weight excluding hydrogens is 342 g/mol. The highest BCUT2D eigenvalue weighted by Crippen LogP contribution is 2.24. The molecule has 1 N–H and O–H groups in total. The fourth-order valence-corrected chi connectivity index (χ4v) is 3.71. The van der Waals surface area contributed by atoms with Gasteiger partial charge in [0, 0.05) is 18.0 Å². The van der Waals surface area contributed by atoms with E-state index in [4.69, 9.17) is 0 Å². The Kier molecular flexibility index (Phi) is 3.91. The van der Waals surface area contributed by atoms with Crippen molar-refractivity contribution in [1.82, 2.24) is 24.6 Å². The molecule has 0 radical (unpaired) electrons. The van der Waals surface area contributed by atoms with Crippen LogP contribution in [0.3, 0.4) is 0 Å². The lowest BCUT2D eigenvalue weighted by atomic mass is 10.3. The largest absolute Gasteiger partial charge is 0.269 e. The minimum absolute atomic E-state index is 0.0754. The molecule has 0 unspecified atom stereocenters. The maximum atomic E-state index is 12.2. The second kappa shape index (κ2) is 6.21. The first kappa shape index (κ1) is 15.1. The third-order valence-electron chi connectivity index (χ3n) is 3.51. The van der Waals surface area contributed by atoms with Crippen molar-refractivity contribution in [3.8, 4) is 10.7 Å². The van der Waals surface area contributed by atoms with Crippen molar-refractivity contribution in [2.75, 3.05) is 0 Å². The second-order valence-corrected chi connectivity index (χ2v) is 7.09. The molecule has 4 aromatic heterocycles. The van der Waals surface area contributed by atoms with Gasteiger partial charge in [-0.05, 0) is 30.0 Å². The molecule has 0 fully saturated rings. The molecule has 4 aromatic rings. The van der Waals surface area contributed by atoms with Crippen LogP contribution in [0.25, 0.3) is 16.3 Å². The Bertz CT molecular complexity index is 1050. The average molecular weight is 355 g/mol. The summed E-state index contributed by atoms with van der Waals surface area (Å²) in [5, 5.41) is 9.79. The van der Waals surface area contributed by atoms with Crippen LogP contribution in [-0.2, 0) is 5.75 Å². The molecule has 0 amide bonds. The van der Waals surface area contributed by atoms with E-state index in [2.05, 4.69) is 20.2 Å². The Morgan fingerprint density at radius 2 is 2.21 bits per heavy atom. The number of aromatic amines is 1. The topological polar surface area (TPSA) is 75.9 Å². The molecule has 0 spiro atoms. The monoisotopic (exact) mass is 355 g/mol. The minimum Gasteiger partial charge on any atom is -0.269 e. The van der Waals surface area contributed by atoms with Gasteiger partial charge >= 0.3 is 0 Å². The van der Waals surface area contributed by atoms with E-state index >= 15 is 0 Å². The molecule has 0 saturated carbocycles. The molecule has 120 valence electrons. The van der Waals surface area contributed by atoms with Crippen molar-refractivity contribution in [3.63, 3.8) is 0 Å². The summed E-state index contributed by atoms with van der Waals surface area (Å²) in [7, 11) is 0. The predicted octanol–water partition coefficient (Wildman–Crippen LogP) is 3.14. The number of hydrogen-bond donors (Lipinski definition) is 1. The molecule has 8 heteroatoms. The molecule has 0 atom stereocenters. The van der Waals surface area contributed by atoms with Gasteiger partial charge in [0.15, 0.2) is 5.82 Å². The van der Waals surface area contributed by atoms with Crippen LogP contribution in [0, 0.1) is 6.92 Å². The van der Waals surface area contributed by atoms with Crippen molar-refractivity contribution in [1.29, 1.82) is 0 Å². The highest BCUT2D eigenvalue weighted by atomic mass is 32.2. The summed E-state index contributed by atoms with van der Waals surface area (Å²) in [6.07, 6.45) is 1.73. The summed E-state index contributed by atoms with van der Waals surface area (Å²) in [6, 6.07) is 9.32. The summed E-state index contributed by atoms with van der Waals surface area (Å²) in [4.78, 5) is 22.3. The molecule has 6 nitrogen and oxygen atoms in total. The summed E-state index contributed by atoms with van der Waals surface area (Å²) in [5.41, 5.74) is 2.31. The maximum Gasteiger partial charge on any atom is 0.258 e. The lowest BCUT2D eigenvalue weighted by Crippen LogP contribution is -2.15. The molecule has 0 aromatic carbocycles. The van der Waals surface area contributed by atoms with Crippen LogP contribution in [0.2, 0.25) is 0 Å². The Hall–Kier alpha value is -2.45. The zero-order chi connectivity index (χ0) is 16.5. The fourth-order valence-electron chi connectivity index (χ4n) is 2.36. The van der Waals surface area contributed by atoms with Crippen molar-refractivity contribution < 1.29 is 0 Å². The number of fused-ring (bicyclic) bond motifs is 1. The predicted molar refractivity (Wildman–Crippen MR) is 95.5 cm³/mol. The first-order chi connectivity index (χ1) is 11.7. The van der Waals surface area contributed by atoms with E-state index in [-0.39, 0.29) is 5.56 Å². The van der Waals surface area contributed by atoms with E-state index < -0.39 is 0 Å². The van der Waals surface area contributed by atoms with Gasteiger partial charge in [-0.25, -0.2) is 9.97 Å². The van der Waals surface area contributed by atoms with Gasteiger partial charge in [0.1, 0.15) is 5.65 Å². The number of nitrogens with zero attached hydrogens (tertiary/aromatic N) is 4. The van der Waals surface area contributed by atoms with E-state index in [1.54, 1.807) is 28.0 Å². The summed E-state index contributed by atoms with van der Waals surface area (Å²) in [5.74, 6) is 1.30. The molecule has 0 bridgehead atoms. The number of rotatable bonds is 4. The minimum atomic E-state index is -0.0754. The van der Waals surface area contributed by atoms with E-state index in [1.807, 2.05) is 36.6 Å². The molecule has 0 aliphatic heterocycles. The number of aromatic nitrogens is 5. The smallest absolute Gasteiger partial charge is 0.258 e. The SMILES string of the molecule is Cc1cccn2c(=O)cc(CSc3n[nH]c(-c4cccs4)n3)nc12. The Labute approximate surface area is 145 Å². The number of thiophene rings is 1. The van der Waals surface area contributed by atoms with Crippen LogP contribution >= 0.6 is 23.1 Å².